The maximum absolute atomic E-state index is 7.70. The van der Waals surface area contributed by atoms with Crippen LogP contribution < -0.4 is 0 Å². The molecule has 0 aromatic carbocycles. The van der Waals surface area contributed by atoms with Crippen molar-refractivity contribution in [3.8, 4) is 0 Å². The number of hydrogen-bond acceptors (Lipinski definition) is 9. The molecular weight excluding hydrogens is 941 g/mol. The van der Waals surface area contributed by atoms with E-state index in [1.54, 1.807) is 0 Å². The third kappa shape index (κ3) is 33.3. The van der Waals surface area contributed by atoms with Crippen molar-refractivity contribution in [3.05, 3.63) is 0 Å². The zero-order valence-corrected chi connectivity index (χ0v) is 55.5. The highest BCUT2D eigenvalue weighted by molar-refractivity contribution is 6.93. The molecule has 0 bridgehead atoms. The van der Waals surface area contributed by atoms with Crippen molar-refractivity contribution in [1.82, 2.24) is 0 Å². The molecule has 0 aliphatic rings. The fraction of sp³-hybridized carbons (Fsp3) is 1.00. The maximum Gasteiger partial charge on any atom is 0.314 e. The van der Waals surface area contributed by atoms with E-state index in [-0.39, 0.29) is 0 Å². The summed E-state index contributed by atoms with van der Waals surface area (Å²) in [5.74, 6) is 0. The van der Waals surface area contributed by atoms with Crippen LogP contribution >= 0.6 is 0 Å². The van der Waals surface area contributed by atoms with Gasteiger partial charge < -0.3 is 37.0 Å². The van der Waals surface area contributed by atoms with E-state index in [0.717, 1.165) is 0 Å². The molecule has 0 aromatic rings. The van der Waals surface area contributed by atoms with Crippen LogP contribution in [0.15, 0.2) is 0 Å². The second-order valence-electron chi connectivity index (χ2n) is 23.0. The molecule has 0 aromatic heterocycles. The Balaban J connectivity index is 6.03. The van der Waals surface area contributed by atoms with E-state index in [1.807, 2.05) is 0 Å². The second-order valence-corrected chi connectivity index (χ2v) is 60.8. The van der Waals surface area contributed by atoms with Gasteiger partial charge in [0.15, 0.2) is 16.6 Å². The fourth-order valence-corrected chi connectivity index (χ4v) is 62.0. The van der Waals surface area contributed by atoms with Crippen molar-refractivity contribution >= 4 is 85.1 Å². The van der Waals surface area contributed by atoms with E-state index in [9.17, 15) is 0 Å². The summed E-state index contributed by atoms with van der Waals surface area (Å²) in [5.41, 5.74) is 0. The lowest BCUT2D eigenvalue weighted by atomic mass is 10.1. The predicted octanol–water partition coefficient (Wildman–Crippen LogP) is 16.6. The highest BCUT2D eigenvalue weighted by atomic mass is 28.5. The van der Waals surface area contributed by atoms with Gasteiger partial charge in [-0.15, -0.1) is 0 Å². The number of rotatable bonds is 39. The molecule has 0 aliphatic heterocycles. The SMILES string of the molecule is CCCCCCCC[Si](CCCCCCCC)(CCCCCCCC)O[Si](C)(C)O[Si](C)(C)O[Si](C)(C)O[Si](C)(C)O[Si](C)(C)O[Si](C)(C)O[Si](C)(C)O[Si](C)(C)O[Si](C)(C)C. The van der Waals surface area contributed by atoms with E-state index in [0.29, 0.717) is 0 Å². The summed E-state index contributed by atoms with van der Waals surface area (Å²) in [7, 11) is -24.8. The van der Waals surface area contributed by atoms with Gasteiger partial charge in [0.1, 0.15) is 0 Å². The first-order valence-corrected chi connectivity index (χ1v) is 53.8. The van der Waals surface area contributed by atoms with Gasteiger partial charge in [-0.2, -0.15) is 0 Å². The minimum absolute atomic E-state index is 1.28. The third-order valence-corrected chi connectivity index (χ3v) is 49.9. The molecule has 0 rings (SSSR count). The van der Waals surface area contributed by atoms with Gasteiger partial charge in [0.25, 0.3) is 0 Å². The lowest BCUT2D eigenvalue weighted by Crippen LogP contribution is -2.62. The van der Waals surface area contributed by atoms with Crippen LogP contribution in [0.5, 0.6) is 0 Å². The monoisotopic (exact) mass is 1050 g/mol. The van der Waals surface area contributed by atoms with E-state index in [4.69, 9.17) is 37.0 Å². The molecule has 9 nitrogen and oxygen atoms in total. The van der Waals surface area contributed by atoms with Crippen LogP contribution in [0.25, 0.3) is 0 Å². The van der Waals surface area contributed by atoms with Gasteiger partial charge >= 0.3 is 68.5 Å². The van der Waals surface area contributed by atoms with Crippen LogP contribution in [-0.4, -0.2) is 85.1 Å². The van der Waals surface area contributed by atoms with Crippen molar-refractivity contribution in [2.45, 2.75) is 279 Å². The van der Waals surface area contributed by atoms with Crippen LogP contribution in [0.4, 0.5) is 0 Å². The zero-order valence-electron chi connectivity index (χ0n) is 45.5. The highest BCUT2D eigenvalue weighted by Gasteiger charge is 2.51. The summed E-state index contributed by atoms with van der Waals surface area (Å²) in [6, 6.07) is 3.83. The molecule has 0 aliphatic carbocycles. The summed E-state index contributed by atoms with van der Waals surface area (Å²) in [5, 5.41) is 0. The Morgan fingerprint density at radius 2 is 0.387 bits per heavy atom. The van der Waals surface area contributed by atoms with Crippen molar-refractivity contribution in [2.24, 2.45) is 0 Å². The van der Waals surface area contributed by atoms with E-state index in [1.165, 1.54) is 134 Å². The Hall–Kier alpha value is 1.81. The molecule has 0 saturated heterocycles. The van der Waals surface area contributed by atoms with E-state index in [2.05, 4.69) is 145 Å². The highest BCUT2D eigenvalue weighted by Crippen LogP contribution is 2.36. The second kappa shape index (κ2) is 28.5. The molecule has 0 N–H and O–H groups in total. The lowest BCUT2D eigenvalue weighted by Gasteiger charge is -2.45. The minimum Gasteiger partial charge on any atom is -0.437 e. The fourth-order valence-electron chi connectivity index (χ4n) is 9.78. The van der Waals surface area contributed by atoms with Crippen LogP contribution in [0.3, 0.4) is 0 Å². The molecular formula is C43H108O9Si10. The Kier molecular flexibility index (Phi) is 29.3. The average Bonchev–Trinajstić information content (AvgIpc) is 3.00. The molecule has 62 heavy (non-hydrogen) atoms. The van der Waals surface area contributed by atoms with Crippen LogP contribution in [-0.2, 0) is 37.0 Å². The summed E-state index contributed by atoms with van der Waals surface area (Å²) in [6.45, 7) is 48.1. The average molecular weight is 1050 g/mol. The standard InChI is InChI=1S/C43H108O9Si10/c1-23-26-29-32-35-38-41-62(42-39-36-33-30-27-24-2,43-40-37-34-31-28-25-3)52-61(21,22)51-60(19,20)50-59(17,18)49-58(15,16)48-57(13,14)47-56(11,12)46-55(9,10)45-54(7,8)44-53(4,5)6/h23-43H2,1-22H3. The van der Waals surface area contributed by atoms with E-state index >= 15 is 0 Å². The van der Waals surface area contributed by atoms with Gasteiger partial charge in [-0.05, 0) is 143 Å². The summed E-state index contributed by atoms with van der Waals surface area (Å²) >= 11 is 0. The molecule has 0 amide bonds. The quantitative estimate of drug-likeness (QED) is 0.0441. The van der Waals surface area contributed by atoms with Crippen molar-refractivity contribution in [1.29, 1.82) is 0 Å². The molecule has 0 spiro atoms. The first-order chi connectivity index (χ1) is 28.0. The molecule has 0 saturated carbocycles. The minimum atomic E-state index is -2.71. The largest absolute Gasteiger partial charge is 0.437 e. The lowest BCUT2D eigenvalue weighted by molar-refractivity contribution is 0.257. The molecule has 0 fully saturated rings. The van der Waals surface area contributed by atoms with E-state index < -0.39 is 85.1 Å². The smallest absolute Gasteiger partial charge is 0.314 e. The Labute approximate surface area is 398 Å². The molecule has 0 radical (unpaired) electrons. The van der Waals surface area contributed by atoms with Gasteiger partial charge in [-0.25, -0.2) is 0 Å². The van der Waals surface area contributed by atoms with Gasteiger partial charge in [0.2, 0.25) is 0 Å². The normalized spacial score (nSPS) is 14.6. The van der Waals surface area contributed by atoms with Gasteiger partial charge in [0, 0.05) is 0 Å². The molecule has 0 heterocycles. The summed E-state index contributed by atoms with van der Waals surface area (Å²) < 4.78 is 62.8. The van der Waals surface area contributed by atoms with Gasteiger partial charge in [-0.1, -0.05) is 136 Å². The number of unbranched alkanes of at least 4 members (excludes halogenated alkanes) is 15. The van der Waals surface area contributed by atoms with Crippen molar-refractivity contribution in [3.63, 3.8) is 0 Å². The molecule has 0 atom stereocenters. The van der Waals surface area contributed by atoms with Gasteiger partial charge in [-0.3, -0.25) is 0 Å². The Bertz CT molecular complexity index is 1160. The Morgan fingerprint density at radius 3 is 0.597 bits per heavy atom. The first-order valence-electron chi connectivity index (χ1n) is 25.4. The summed E-state index contributed by atoms with van der Waals surface area (Å²) in [4.78, 5) is 0. The first kappa shape index (κ1) is 63.8. The van der Waals surface area contributed by atoms with Crippen molar-refractivity contribution in [2.75, 3.05) is 0 Å². The molecule has 374 valence electrons. The zero-order chi connectivity index (χ0) is 48.2. The van der Waals surface area contributed by atoms with Crippen molar-refractivity contribution < 1.29 is 37.0 Å². The van der Waals surface area contributed by atoms with Crippen LogP contribution in [0.1, 0.15) is 136 Å². The Morgan fingerprint density at radius 1 is 0.210 bits per heavy atom. The van der Waals surface area contributed by atoms with Gasteiger partial charge in [0.05, 0.1) is 0 Å². The van der Waals surface area contributed by atoms with Crippen LogP contribution in [0, 0.1) is 0 Å². The third-order valence-electron chi connectivity index (χ3n) is 10.4. The predicted molar refractivity (Wildman–Crippen MR) is 293 cm³/mol. The summed E-state index contributed by atoms with van der Waals surface area (Å²) in [6.07, 6.45) is 24.0. The maximum atomic E-state index is 7.70. The van der Waals surface area contributed by atoms with Crippen LogP contribution in [0.2, 0.25) is 143 Å². The molecule has 0 unspecified atom stereocenters. The topological polar surface area (TPSA) is 83.1 Å². The number of hydrogen-bond donors (Lipinski definition) is 0. The molecule has 19 heteroatoms.